The number of piperazine rings is 1. The number of anilines is 2. The van der Waals surface area contributed by atoms with Crippen molar-refractivity contribution in [1.29, 1.82) is 0 Å². The van der Waals surface area contributed by atoms with E-state index in [0.29, 0.717) is 6.61 Å². The Labute approximate surface area is 161 Å². The van der Waals surface area contributed by atoms with E-state index in [1.807, 2.05) is 25.6 Å². The summed E-state index contributed by atoms with van der Waals surface area (Å²) >= 11 is 1.46. The molecule has 3 aromatic heterocycles. The molecule has 0 radical (unpaired) electrons. The van der Waals surface area contributed by atoms with Crippen LogP contribution in [-0.2, 0) is 18.2 Å². The first-order valence-corrected chi connectivity index (χ1v) is 9.63. The number of aromatic nitrogens is 6. The predicted octanol–water partition coefficient (Wildman–Crippen LogP) is 1.24. The van der Waals surface area contributed by atoms with Crippen LogP contribution in [0.4, 0.5) is 10.9 Å². The van der Waals surface area contributed by atoms with Gasteiger partial charge in [-0.1, -0.05) is 0 Å². The molecule has 0 aromatic carbocycles. The van der Waals surface area contributed by atoms with Crippen molar-refractivity contribution in [3.05, 3.63) is 30.6 Å². The zero-order valence-electron chi connectivity index (χ0n) is 15.4. The van der Waals surface area contributed by atoms with Crippen molar-refractivity contribution in [2.24, 2.45) is 7.05 Å². The van der Waals surface area contributed by atoms with Crippen LogP contribution < -0.4 is 9.80 Å². The van der Waals surface area contributed by atoms with Gasteiger partial charge in [-0.05, 0) is 0 Å². The fourth-order valence-electron chi connectivity index (χ4n) is 3.00. The zero-order chi connectivity index (χ0) is 18.6. The minimum absolute atomic E-state index is 0.649. The fourth-order valence-corrected chi connectivity index (χ4v) is 3.76. The largest absolute Gasteiger partial charge is 0.384 e. The van der Waals surface area contributed by atoms with E-state index < -0.39 is 0 Å². The Balaban J connectivity index is 1.40. The average Bonchev–Trinajstić information content (AvgIpc) is 3.36. The molecule has 9 nitrogen and oxygen atoms in total. The van der Waals surface area contributed by atoms with E-state index in [-0.39, 0.29) is 0 Å². The number of methoxy groups -OCH3 is 1. The van der Waals surface area contributed by atoms with E-state index in [9.17, 15) is 0 Å². The fraction of sp³-hybridized carbons (Fsp3) is 0.471. The molecule has 0 saturated carbocycles. The summed E-state index contributed by atoms with van der Waals surface area (Å²) in [5.41, 5.74) is 1.82. The maximum absolute atomic E-state index is 5.09. The molecule has 0 aliphatic carbocycles. The monoisotopic (exact) mass is 386 g/mol. The lowest BCUT2D eigenvalue weighted by atomic mass is 10.2. The smallest absolute Gasteiger partial charge is 0.205 e. The average molecular weight is 386 g/mol. The SMILES string of the molecule is COCCc1nsc(N2CCN(c3cncc(-c4cnn(C)c4)n3)CC2)n1. The summed E-state index contributed by atoms with van der Waals surface area (Å²) in [5, 5.41) is 5.19. The van der Waals surface area contributed by atoms with Gasteiger partial charge in [0.25, 0.3) is 0 Å². The second-order valence-corrected chi connectivity index (χ2v) is 7.11. The number of nitrogens with zero attached hydrogens (tertiary/aromatic N) is 8. The highest BCUT2D eigenvalue weighted by Gasteiger charge is 2.21. The highest BCUT2D eigenvalue weighted by molar-refractivity contribution is 7.09. The van der Waals surface area contributed by atoms with Crippen LogP contribution in [0, 0.1) is 0 Å². The molecule has 1 fully saturated rings. The summed E-state index contributed by atoms with van der Waals surface area (Å²) in [6.07, 6.45) is 8.11. The van der Waals surface area contributed by atoms with Crippen molar-refractivity contribution in [1.82, 2.24) is 29.1 Å². The third-order valence-corrected chi connectivity index (χ3v) is 5.30. The Kier molecular flexibility index (Phi) is 5.26. The molecule has 4 rings (SSSR count). The lowest BCUT2D eigenvalue weighted by molar-refractivity contribution is 0.201. The van der Waals surface area contributed by atoms with E-state index in [1.165, 1.54) is 11.5 Å². The Morgan fingerprint density at radius 2 is 1.89 bits per heavy atom. The second kappa shape index (κ2) is 7.97. The number of hydrogen-bond donors (Lipinski definition) is 0. The summed E-state index contributed by atoms with van der Waals surface area (Å²) in [4.78, 5) is 18.3. The molecule has 10 heteroatoms. The molecular formula is C17H22N8OS. The van der Waals surface area contributed by atoms with Gasteiger partial charge in [-0.25, -0.2) is 9.97 Å². The number of rotatable bonds is 6. The van der Waals surface area contributed by atoms with Crippen molar-refractivity contribution in [3.63, 3.8) is 0 Å². The molecule has 0 amide bonds. The quantitative estimate of drug-likeness (QED) is 0.626. The molecule has 0 unspecified atom stereocenters. The maximum Gasteiger partial charge on any atom is 0.205 e. The Morgan fingerprint density at radius 1 is 1.07 bits per heavy atom. The lowest BCUT2D eigenvalue weighted by Gasteiger charge is -2.34. The topological polar surface area (TPSA) is 85.1 Å². The van der Waals surface area contributed by atoms with Gasteiger partial charge in [0.1, 0.15) is 11.6 Å². The van der Waals surface area contributed by atoms with Gasteiger partial charge in [0.05, 0.1) is 30.9 Å². The van der Waals surface area contributed by atoms with Gasteiger partial charge >= 0.3 is 0 Å². The molecule has 1 aliphatic heterocycles. The summed E-state index contributed by atoms with van der Waals surface area (Å²) in [7, 11) is 3.59. The number of hydrogen-bond acceptors (Lipinski definition) is 9. The molecular weight excluding hydrogens is 364 g/mol. The predicted molar refractivity (Wildman–Crippen MR) is 104 cm³/mol. The van der Waals surface area contributed by atoms with Crippen LogP contribution in [-0.4, -0.2) is 69.0 Å². The van der Waals surface area contributed by atoms with E-state index in [1.54, 1.807) is 18.0 Å². The van der Waals surface area contributed by atoms with Crippen LogP contribution >= 0.6 is 11.5 Å². The molecule has 142 valence electrons. The third kappa shape index (κ3) is 4.06. The summed E-state index contributed by atoms with van der Waals surface area (Å²) in [5.74, 6) is 1.75. The Hall–Kier alpha value is -2.59. The van der Waals surface area contributed by atoms with Gasteiger partial charge in [-0.15, -0.1) is 0 Å². The van der Waals surface area contributed by atoms with Crippen molar-refractivity contribution < 1.29 is 4.74 Å². The van der Waals surface area contributed by atoms with Crippen LogP contribution in [0.5, 0.6) is 0 Å². The van der Waals surface area contributed by atoms with E-state index >= 15 is 0 Å². The molecule has 0 spiro atoms. The molecule has 0 atom stereocenters. The first-order valence-electron chi connectivity index (χ1n) is 8.85. The van der Waals surface area contributed by atoms with Crippen LogP contribution in [0.3, 0.4) is 0 Å². The highest BCUT2D eigenvalue weighted by Crippen LogP contribution is 2.23. The van der Waals surface area contributed by atoms with Gasteiger partial charge in [0.15, 0.2) is 0 Å². The normalized spacial score (nSPS) is 14.7. The minimum atomic E-state index is 0.649. The first-order chi connectivity index (χ1) is 13.2. The maximum atomic E-state index is 5.09. The van der Waals surface area contributed by atoms with E-state index in [4.69, 9.17) is 9.72 Å². The molecule has 1 aliphatic rings. The standard InChI is InChI=1S/C17H22N8OS/c1-23-12-13(9-19-23)14-10-18-11-16(20-14)24-4-6-25(7-5-24)17-21-15(22-27-17)3-8-26-2/h9-12H,3-8H2,1-2H3. The number of ether oxygens (including phenoxy) is 1. The van der Waals surface area contributed by atoms with Gasteiger partial charge < -0.3 is 14.5 Å². The van der Waals surface area contributed by atoms with E-state index in [2.05, 4.69) is 29.2 Å². The second-order valence-electron chi connectivity index (χ2n) is 6.38. The molecule has 3 aromatic rings. The number of aryl methyl sites for hydroxylation is 1. The lowest BCUT2D eigenvalue weighted by Crippen LogP contribution is -2.46. The highest BCUT2D eigenvalue weighted by atomic mass is 32.1. The Morgan fingerprint density at radius 3 is 2.63 bits per heavy atom. The first kappa shape index (κ1) is 17.8. The van der Waals surface area contributed by atoms with Crippen LogP contribution in [0.15, 0.2) is 24.8 Å². The summed E-state index contributed by atoms with van der Waals surface area (Å²) < 4.78 is 11.3. The molecule has 27 heavy (non-hydrogen) atoms. The molecule has 0 bridgehead atoms. The minimum Gasteiger partial charge on any atom is -0.384 e. The van der Waals surface area contributed by atoms with Crippen molar-refractivity contribution in [2.45, 2.75) is 6.42 Å². The van der Waals surface area contributed by atoms with Gasteiger partial charge in [-0.2, -0.15) is 9.47 Å². The van der Waals surface area contributed by atoms with Gasteiger partial charge in [0.2, 0.25) is 5.13 Å². The Bertz CT molecular complexity index is 886. The third-order valence-electron chi connectivity index (χ3n) is 4.48. The van der Waals surface area contributed by atoms with Crippen LogP contribution in [0.1, 0.15) is 5.82 Å². The molecule has 4 heterocycles. The summed E-state index contributed by atoms with van der Waals surface area (Å²) in [6, 6.07) is 0. The van der Waals surface area contributed by atoms with Crippen molar-refractivity contribution >= 4 is 22.5 Å². The van der Waals surface area contributed by atoms with Crippen molar-refractivity contribution in [2.75, 3.05) is 49.7 Å². The van der Waals surface area contributed by atoms with Crippen molar-refractivity contribution in [3.8, 4) is 11.3 Å². The van der Waals surface area contributed by atoms with Crippen LogP contribution in [0.2, 0.25) is 0 Å². The summed E-state index contributed by atoms with van der Waals surface area (Å²) in [6.45, 7) is 4.17. The van der Waals surface area contributed by atoms with E-state index in [0.717, 1.165) is 60.6 Å². The zero-order valence-corrected chi connectivity index (χ0v) is 16.3. The van der Waals surface area contributed by atoms with Crippen LogP contribution in [0.25, 0.3) is 11.3 Å². The molecule has 0 N–H and O–H groups in total. The van der Waals surface area contributed by atoms with Gasteiger partial charge in [0, 0.05) is 70.1 Å². The van der Waals surface area contributed by atoms with Gasteiger partial charge in [-0.3, -0.25) is 9.67 Å². The molecule has 1 saturated heterocycles.